The molecule has 102 valence electrons. The summed E-state index contributed by atoms with van der Waals surface area (Å²) in [5.74, 6) is -2.78. The van der Waals surface area contributed by atoms with Crippen LogP contribution in [0.2, 0.25) is 0 Å². The van der Waals surface area contributed by atoms with E-state index in [1.807, 2.05) is 5.32 Å². The lowest BCUT2D eigenvalue weighted by molar-refractivity contribution is -0.135. The molecule has 2 rings (SSSR count). The quantitative estimate of drug-likeness (QED) is 0.554. The summed E-state index contributed by atoms with van der Waals surface area (Å²) in [7, 11) is 0. The molecule has 0 bridgehead atoms. The van der Waals surface area contributed by atoms with Crippen molar-refractivity contribution < 1.29 is 14.4 Å². The Labute approximate surface area is 117 Å². The van der Waals surface area contributed by atoms with Gasteiger partial charge in [0.25, 0.3) is 5.91 Å². The third-order valence-corrected chi connectivity index (χ3v) is 2.98. The first-order chi connectivity index (χ1) is 9.58. The number of aromatic nitrogens is 1. The Morgan fingerprint density at radius 1 is 1.15 bits per heavy atom. The van der Waals surface area contributed by atoms with E-state index in [-0.39, 0.29) is 16.4 Å². The molecule has 1 aromatic carbocycles. The van der Waals surface area contributed by atoms with Gasteiger partial charge >= 0.3 is 11.8 Å². The number of hydrogen-bond donors (Lipinski definition) is 3. The fraction of sp³-hybridized carbons (Fsp3) is 0. The van der Waals surface area contributed by atoms with Gasteiger partial charge in [0.1, 0.15) is 0 Å². The number of nitrogens with one attached hydrogen (secondary N) is 2. The molecular formula is C12H10N4O3S. The number of carbonyl (C=O) groups excluding carboxylic acids is 3. The van der Waals surface area contributed by atoms with Gasteiger partial charge < -0.3 is 5.73 Å². The van der Waals surface area contributed by atoms with E-state index in [2.05, 4.69) is 10.3 Å². The number of carbonyl (C=O) groups is 3. The van der Waals surface area contributed by atoms with Crippen molar-refractivity contribution in [2.45, 2.75) is 0 Å². The summed E-state index contributed by atoms with van der Waals surface area (Å²) < 4.78 is 0. The Morgan fingerprint density at radius 2 is 1.90 bits per heavy atom. The lowest BCUT2D eigenvalue weighted by Gasteiger charge is -2.05. The Bertz CT molecular complexity index is 654. The van der Waals surface area contributed by atoms with Gasteiger partial charge in [-0.2, -0.15) is 0 Å². The zero-order chi connectivity index (χ0) is 14.5. The number of para-hydroxylation sites is 1. The normalized spacial score (nSPS) is 9.80. The molecule has 0 aliphatic carbocycles. The van der Waals surface area contributed by atoms with E-state index < -0.39 is 17.7 Å². The van der Waals surface area contributed by atoms with E-state index >= 15 is 0 Å². The molecule has 0 fully saturated rings. The van der Waals surface area contributed by atoms with E-state index in [0.717, 1.165) is 11.3 Å². The summed E-state index contributed by atoms with van der Waals surface area (Å²) >= 11 is 1.16. The molecule has 20 heavy (non-hydrogen) atoms. The average Bonchev–Trinajstić information content (AvgIpc) is 2.91. The second kappa shape index (κ2) is 5.93. The third-order valence-electron chi connectivity index (χ3n) is 2.29. The van der Waals surface area contributed by atoms with Crippen LogP contribution in [0.15, 0.2) is 35.8 Å². The minimum Gasteiger partial charge on any atom is -0.398 e. The van der Waals surface area contributed by atoms with E-state index in [4.69, 9.17) is 5.73 Å². The summed E-state index contributed by atoms with van der Waals surface area (Å²) in [5, 5.41) is 6.14. The van der Waals surface area contributed by atoms with E-state index in [1.165, 1.54) is 18.3 Å². The Hall–Kier alpha value is -2.74. The highest BCUT2D eigenvalue weighted by Crippen LogP contribution is 2.11. The fourth-order valence-electron chi connectivity index (χ4n) is 1.37. The number of hydrogen-bond acceptors (Lipinski definition) is 6. The molecular weight excluding hydrogens is 280 g/mol. The van der Waals surface area contributed by atoms with Crippen molar-refractivity contribution in [2.24, 2.45) is 0 Å². The van der Waals surface area contributed by atoms with Crippen LogP contribution in [-0.2, 0) is 9.59 Å². The maximum absolute atomic E-state index is 11.8. The van der Waals surface area contributed by atoms with Gasteiger partial charge in [-0.05, 0) is 12.1 Å². The molecule has 0 saturated heterocycles. The van der Waals surface area contributed by atoms with Gasteiger partial charge in [0.2, 0.25) is 0 Å². The average molecular weight is 290 g/mol. The highest BCUT2D eigenvalue weighted by Gasteiger charge is 2.19. The first-order valence-corrected chi connectivity index (χ1v) is 6.36. The van der Waals surface area contributed by atoms with Crippen LogP contribution < -0.4 is 16.4 Å². The number of amides is 3. The number of imide groups is 1. The minimum absolute atomic E-state index is 0.128. The monoisotopic (exact) mass is 290 g/mol. The summed E-state index contributed by atoms with van der Waals surface area (Å²) in [4.78, 5) is 38.6. The third kappa shape index (κ3) is 3.18. The van der Waals surface area contributed by atoms with Crippen LogP contribution in [0.3, 0.4) is 0 Å². The molecule has 1 aromatic heterocycles. The highest BCUT2D eigenvalue weighted by molar-refractivity contribution is 7.13. The van der Waals surface area contributed by atoms with Gasteiger partial charge in [0, 0.05) is 17.3 Å². The van der Waals surface area contributed by atoms with Crippen LogP contribution in [0, 0.1) is 0 Å². The minimum atomic E-state index is -1.08. The molecule has 0 spiro atoms. The lowest BCUT2D eigenvalue weighted by Crippen LogP contribution is -2.39. The fourth-order valence-corrected chi connectivity index (χ4v) is 1.89. The van der Waals surface area contributed by atoms with Crippen LogP contribution in [0.5, 0.6) is 0 Å². The van der Waals surface area contributed by atoms with Gasteiger partial charge in [-0.3, -0.25) is 25.0 Å². The summed E-state index contributed by atoms with van der Waals surface area (Å²) in [6.45, 7) is 0. The number of nitrogen functional groups attached to an aromatic ring is 1. The van der Waals surface area contributed by atoms with Crippen molar-refractivity contribution in [2.75, 3.05) is 11.1 Å². The molecule has 7 nitrogen and oxygen atoms in total. The molecule has 0 unspecified atom stereocenters. The largest absolute Gasteiger partial charge is 0.398 e. The van der Waals surface area contributed by atoms with Gasteiger partial charge in [-0.25, -0.2) is 4.98 Å². The van der Waals surface area contributed by atoms with E-state index in [1.54, 1.807) is 17.5 Å². The Balaban J connectivity index is 1.99. The molecule has 4 N–H and O–H groups in total. The SMILES string of the molecule is Nc1ccccc1C(=O)NC(=O)C(=O)Nc1nccs1. The second-order valence-corrected chi connectivity index (χ2v) is 4.56. The molecule has 0 radical (unpaired) electrons. The maximum Gasteiger partial charge on any atom is 0.316 e. The maximum atomic E-state index is 11.8. The first kappa shape index (κ1) is 13.7. The van der Waals surface area contributed by atoms with Crippen LogP contribution in [-0.4, -0.2) is 22.7 Å². The standard InChI is InChI=1S/C12H10N4O3S/c13-8-4-2-1-3-7(8)9(17)15-10(18)11(19)16-12-14-5-6-20-12/h1-6H,13H2,(H,14,16,19)(H,15,17,18). The van der Waals surface area contributed by atoms with E-state index in [0.29, 0.717) is 0 Å². The number of thiazole rings is 1. The van der Waals surface area contributed by atoms with E-state index in [9.17, 15) is 14.4 Å². The molecule has 0 aliphatic heterocycles. The molecule has 8 heteroatoms. The summed E-state index contributed by atoms with van der Waals surface area (Å²) in [6.07, 6.45) is 1.48. The molecule has 0 aliphatic rings. The van der Waals surface area contributed by atoms with Crippen molar-refractivity contribution in [3.63, 3.8) is 0 Å². The smallest absolute Gasteiger partial charge is 0.316 e. The van der Waals surface area contributed by atoms with Crippen LogP contribution in [0.25, 0.3) is 0 Å². The van der Waals surface area contributed by atoms with Crippen LogP contribution in [0.1, 0.15) is 10.4 Å². The van der Waals surface area contributed by atoms with Gasteiger partial charge in [0.15, 0.2) is 5.13 Å². The summed E-state index contributed by atoms with van der Waals surface area (Å²) in [5.41, 5.74) is 5.95. The predicted octanol–water partition coefficient (Wildman–Crippen LogP) is 0.620. The predicted molar refractivity (Wildman–Crippen MR) is 74.1 cm³/mol. The molecule has 2 aromatic rings. The molecule has 1 heterocycles. The Morgan fingerprint density at radius 3 is 2.55 bits per heavy atom. The number of nitrogens with zero attached hydrogens (tertiary/aromatic N) is 1. The van der Waals surface area contributed by atoms with Crippen molar-refractivity contribution >= 4 is 39.9 Å². The van der Waals surface area contributed by atoms with Gasteiger partial charge in [-0.1, -0.05) is 12.1 Å². The van der Waals surface area contributed by atoms with Crippen molar-refractivity contribution in [3.8, 4) is 0 Å². The topological polar surface area (TPSA) is 114 Å². The zero-order valence-corrected chi connectivity index (χ0v) is 10.9. The number of nitrogens with two attached hydrogens (primary N) is 1. The number of anilines is 2. The molecule has 3 amide bonds. The molecule has 0 saturated carbocycles. The molecule has 0 atom stereocenters. The summed E-state index contributed by atoms with van der Waals surface area (Å²) in [6, 6.07) is 6.24. The second-order valence-electron chi connectivity index (χ2n) is 3.66. The van der Waals surface area contributed by atoms with Crippen molar-refractivity contribution in [1.29, 1.82) is 0 Å². The number of rotatable bonds is 2. The van der Waals surface area contributed by atoms with Crippen molar-refractivity contribution in [1.82, 2.24) is 10.3 Å². The highest BCUT2D eigenvalue weighted by atomic mass is 32.1. The van der Waals surface area contributed by atoms with Crippen LogP contribution >= 0.6 is 11.3 Å². The van der Waals surface area contributed by atoms with Crippen molar-refractivity contribution in [3.05, 3.63) is 41.4 Å². The first-order valence-electron chi connectivity index (χ1n) is 5.48. The van der Waals surface area contributed by atoms with Gasteiger partial charge in [0.05, 0.1) is 5.56 Å². The van der Waals surface area contributed by atoms with Gasteiger partial charge in [-0.15, -0.1) is 11.3 Å². The Kier molecular flexibility index (Phi) is 4.06. The van der Waals surface area contributed by atoms with Crippen LogP contribution in [0.4, 0.5) is 10.8 Å². The zero-order valence-electron chi connectivity index (χ0n) is 10.1. The lowest BCUT2D eigenvalue weighted by atomic mass is 10.1. The number of benzene rings is 1.